The number of aliphatic hydroxyl groups is 1. The lowest BCUT2D eigenvalue weighted by atomic mass is 9.77. The molecule has 31 heavy (non-hydrogen) atoms. The van der Waals surface area contributed by atoms with Gasteiger partial charge in [-0.15, -0.1) is 0 Å². The van der Waals surface area contributed by atoms with Gasteiger partial charge in [-0.3, -0.25) is 9.78 Å². The van der Waals surface area contributed by atoms with Gasteiger partial charge in [0.1, 0.15) is 5.78 Å². The van der Waals surface area contributed by atoms with Crippen LogP contribution in [0.3, 0.4) is 0 Å². The van der Waals surface area contributed by atoms with E-state index in [9.17, 15) is 9.90 Å². The summed E-state index contributed by atoms with van der Waals surface area (Å²) in [4.78, 5) is 16.0. The van der Waals surface area contributed by atoms with Crippen LogP contribution < -0.4 is 0 Å². The molecule has 1 saturated carbocycles. The van der Waals surface area contributed by atoms with Crippen molar-refractivity contribution in [2.24, 2.45) is 5.92 Å². The standard InChI is InChI=1S/C28H37NO2/c1-4-28(31)19-27(30)15-14-26(28)9-7-5-6-8-22(11-10-21(2)3)24-13-12-23-16-17-29-20-25(23)18-24/h5,7,9,12-13,16-18,20-22,31H,4,6,8,10-11,14-15,19H2,1-3H3/b7-5+,26-9-/t22?,28-/m1/s1. The summed E-state index contributed by atoms with van der Waals surface area (Å²) in [6, 6.07) is 8.86. The Morgan fingerprint density at radius 2 is 1.97 bits per heavy atom. The quantitative estimate of drug-likeness (QED) is 0.480. The fraction of sp³-hybridized carbons (Fsp3) is 0.500. The second-order valence-corrected chi connectivity index (χ2v) is 9.45. The third kappa shape index (κ3) is 6.36. The number of Topliss-reactive ketones (excluding diaryl/α,β-unsaturated/α-hetero) is 1. The Kier molecular flexibility index (Phi) is 8.20. The van der Waals surface area contributed by atoms with Crippen LogP contribution in [-0.2, 0) is 4.79 Å². The third-order valence-electron chi connectivity index (χ3n) is 6.69. The summed E-state index contributed by atoms with van der Waals surface area (Å²) >= 11 is 0. The number of nitrogens with zero attached hydrogens (tertiary/aromatic N) is 1. The molecule has 166 valence electrons. The Labute approximate surface area is 187 Å². The molecule has 0 bridgehead atoms. The van der Waals surface area contributed by atoms with E-state index in [1.54, 1.807) is 0 Å². The first-order valence-electron chi connectivity index (χ1n) is 11.8. The SMILES string of the molecule is CC[C@@]1(O)CC(=O)CC/C1=C/C=C/CCC(CCC(C)C)c1ccc2ccncc2c1. The highest BCUT2D eigenvalue weighted by Gasteiger charge is 2.35. The molecule has 0 spiro atoms. The topological polar surface area (TPSA) is 50.2 Å². The van der Waals surface area contributed by atoms with Gasteiger partial charge in [-0.1, -0.05) is 57.6 Å². The average Bonchev–Trinajstić information content (AvgIpc) is 2.76. The Bertz CT molecular complexity index is 943. The van der Waals surface area contributed by atoms with Crippen LogP contribution in [0, 0.1) is 5.92 Å². The zero-order chi connectivity index (χ0) is 22.3. The van der Waals surface area contributed by atoms with Crippen LogP contribution in [0.5, 0.6) is 0 Å². The number of pyridine rings is 1. The zero-order valence-corrected chi connectivity index (χ0v) is 19.3. The van der Waals surface area contributed by atoms with E-state index in [-0.39, 0.29) is 12.2 Å². The lowest BCUT2D eigenvalue weighted by Crippen LogP contribution is -2.37. The van der Waals surface area contributed by atoms with Crippen molar-refractivity contribution in [2.45, 2.75) is 83.7 Å². The lowest BCUT2D eigenvalue weighted by molar-refractivity contribution is -0.124. The monoisotopic (exact) mass is 419 g/mol. The normalized spacial score (nSPS) is 22.1. The van der Waals surface area contributed by atoms with Crippen molar-refractivity contribution in [3.8, 4) is 0 Å². The molecule has 0 amide bonds. The number of allylic oxidation sites excluding steroid dienone is 3. The van der Waals surface area contributed by atoms with E-state index in [4.69, 9.17) is 0 Å². The van der Waals surface area contributed by atoms with E-state index in [0.717, 1.165) is 18.4 Å². The highest BCUT2D eigenvalue weighted by atomic mass is 16.3. The summed E-state index contributed by atoms with van der Waals surface area (Å²) < 4.78 is 0. The maximum Gasteiger partial charge on any atom is 0.136 e. The van der Waals surface area contributed by atoms with Gasteiger partial charge in [0.2, 0.25) is 0 Å². The van der Waals surface area contributed by atoms with Gasteiger partial charge < -0.3 is 5.11 Å². The number of hydrogen-bond donors (Lipinski definition) is 1. The zero-order valence-electron chi connectivity index (χ0n) is 19.3. The molecular weight excluding hydrogens is 382 g/mol. The van der Waals surface area contributed by atoms with E-state index in [1.807, 2.05) is 25.4 Å². The van der Waals surface area contributed by atoms with Gasteiger partial charge >= 0.3 is 0 Å². The lowest BCUT2D eigenvalue weighted by Gasteiger charge is -2.33. The number of rotatable bonds is 9. The molecule has 3 nitrogen and oxygen atoms in total. The summed E-state index contributed by atoms with van der Waals surface area (Å²) in [5, 5.41) is 13.2. The summed E-state index contributed by atoms with van der Waals surface area (Å²) in [6.45, 7) is 6.53. The van der Waals surface area contributed by atoms with Crippen LogP contribution in [0.4, 0.5) is 0 Å². The minimum Gasteiger partial charge on any atom is -0.385 e. The fourth-order valence-corrected chi connectivity index (χ4v) is 4.57. The molecule has 1 N–H and O–H groups in total. The molecule has 2 atom stereocenters. The van der Waals surface area contributed by atoms with Crippen LogP contribution in [0.2, 0.25) is 0 Å². The van der Waals surface area contributed by atoms with Crippen LogP contribution in [0.15, 0.2) is 60.5 Å². The molecule has 0 saturated heterocycles. The van der Waals surface area contributed by atoms with Crippen molar-refractivity contribution < 1.29 is 9.90 Å². The Morgan fingerprint density at radius 1 is 1.13 bits per heavy atom. The molecule has 3 heteroatoms. The van der Waals surface area contributed by atoms with Gasteiger partial charge in [-0.05, 0) is 72.6 Å². The molecule has 1 aromatic heterocycles. The predicted octanol–water partition coefficient (Wildman–Crippen LogP) is 6.91. The molecule has 0 aliphatic heterocycles. The van der Waals surface area contributed by atoms with Gasteiger partial charge in [0.25, 0.3) is 0 Å². The Balaban J connectivity index is 1.66. The first-order chi connectivity index (χ1) is 14.9. The van der Waals surface area contributed by atoms with E-state index < -0.39 is 5.60 Å². The van der Waals surface area contributed by atoms with E-state index in [2.05, 4.69) is 55.2 Å². The maximum absolute atomic E-state index is 11.8. The van der Waals surface area contributed by atoms with Gasteiger partial charge in [-0.25, -0.2) is 0 Å². The van der Waals surface area contributed by atoms with Crippen LogP contribution in [-0.4, -0.2) is 21.5 Å². The highest BCUT2D eigenvalue weighted by molar-refractivity contribution is 5.82. The number of aromatic nitrogens is 1. The van der Waals surface area contributed by atoms with Gasteiger partial charge in [0, 0.05) is 30.6 Å². The molecule has 1 heterocycles. The van der Waals surface area contributed by atoms with Crippen molar-refractivity contribution in [3.63, 3.8) is 0 Å². The van der Waals surface area contributed by atoms with Crippen molar-refractivity contribution >= 4 is 16.6 Å². The van der Waals surface area contributed by atoms with Gasteiger partial charge in [0.15, 0.2) is 0 Å². The van der Waals surface area contributed by atoms with Crippen molar-refractivity contribution in [2.75, 3.05) is 0 Å². The molecular formula is C28H37NO2. The summed E-state index contributed by atoms with van der Waals surface area (Å²) in [7, 11) is 0. The Morgan fingerprint density at radius 3 is 2.74 bits per heavy atom. The smallest absolute Gasteiger partial charge is 0.136 e. The Hall–Kier alpha value is -2.26. The highest BCUT2D eigenvalue weighted by Crippen LogP contribution is 2.34. The number of ketones is 1. The summed E-state index contributed by atoms with van der Waals surface area (Å²) in [6.07, 6.45) is 16.7. The average molecular weight is 420 g/mol. The number of hydrogen-bond acceptors (Lipinski definition) is 3. The summed E-state index contributed by atoms with van der Waals surface area (Å²) in [5.74, 6) is 1.40. The molecule has 1 fully saturated rings. The number of fused-ring (bicyclic) bond motifs is 1. The van der Waals surface area contributed by atoms with Crippen LogP contribution in [0.1, 0.15) is 83.6 Å². The van der Waals surface area contributed by atoms with Gasteiger partial charge in [0.05, 0.1) is 5.60 Å². The van der Waals surface area contributed by atoms with E-state index in [0.29, 0.717) is 31.1 Å². The minimum atomic E-state index is -0.946. The number of carbonyl (C=O) groups is 1. The molecule has 1 unspecified atom stereocenters. The number of benzene rings is 1. The van der Waals surface area contributed by atoms with Gasteiger partial charge in [-0.2, -0.15) is 0 Å². The number of carbonyl (C=O) groups excluding carboxylic acids is 1. The molecule has 0 radical (unpaired) electrons. The van der Waals surface area contributed by atoms with Crippen LogP contribution in [0.25, 0.3) is 10.8 Å². The first-order valence-corrected chi connectivity index (χ1v) is 11.8. The molecule has 1 aliphatic carbocycles. The largest absolute Gasteiger partial charge is 0.385 e. The molecule has 3 rings (SSSR count). The van der Waals surface area contributed by atoms with Crippen molar-refractivity contribution in [1.29, 1.82) is 0 Å². The maximum atomic E-state index is 11.8. The first kappa shape index (κ1) is 23.4. The third-order valence-corrected chi connectivity index (χ3v) is 6.69. The second-order valence-electron chi connectivity index (χ2n) is 9.45. The van der Waals surface area contributed by atoms with E-state index >= 15 is 0 Å². The van der Waals surface area contributed by atoms with Crippen molar-refractivity contribution in [3.05, 3.63) is 66.0 Å². The fourth-order valence-electron chi connectivity index (χ4n) is 4.57. The van der Waals surface area contributed by atoms with Crippen molar-refractivity contribution in [1.82, 2.24) is 4.98 Å². The molecule has 2 aromatic rings. The van der Waals surface area contributed by atoms with E-state index in [1.165, 1.54) is 29.2 Å². The van der Waals surface area contributed by atoms with Crippen LogP contribution >= 0.6 is 0 Å². The summed E-state index contributed by atoms with van der Waals surface area (Å²) in [5.41, 5.74) is 1.46. The minimum absolute atomic E-state index is 0.170. The predicted molar refractivity (Wildman–Crippen MR) is 129 cm³/mol. The molecule has 1 aromatic carbocycles. The second kappa shape index (κ2) is 10.9. The molecule has 1 aliphatic rings.